The number of aromatic nitrogens is 2. The Morgan fingerprint density at radius 2 is 0.898 bits per heavy atom. The second kappa shape index (κ2) is 11.0. The summed E-state index contributed by atoms with van der Waals surface area (Å²) >= 11 is 0. The van der Waals surface area contributed by atoms with Gasteiger partial charge in [0.1, 0.15) is 11.2 Å². The molecule has 2 aromatic heterocycles. The van der Waals surface area contributed by atoms with Crippen molar-refractivity contribution in [3.8, 4) is 45.0 Å². The van der Waals surface area contributed by atoms with Crippen molar-refractivity contribution in [3.63, 3.8) is 0 Å². The van der Waals surface area contributed by atoms with E-state index in [1.165, 1.54) is 43.4 Å². The average Bonchev–Trinajstić information content (AvgIpc) is 3.55. The van der Waals surface area contributed by atoms with Crippen molar-refractivity contribution in [1.29, 1.82) is 0 Å². The third kappa shape index (κ3) is 4.51. The Labute approximate surface area is 282 Å². The Hall–Kier alpha value is -6.58. The molecule has 49 heavy (non-hydrogen) atoms. The van der Waals surface area contributed by atoms with Gasteiger partial charge >= 0.3 is 0 Å². The molecule has 0 unspecified atom stereocenters. The van der Waals surface area contributed by atoms with Gasteiger partial charge in [0, 0.05) is 27.5 Å². The van der Waals surface area contributed by atoms with E-state index in [1.807, 2.05) is 36.4 Å². The maximum Gasteiger partial charge on any atom is 0.160 e. The molecule has 228 valence electrons. The molecule has 2 heterocycles. The summed E-state index contributed by atoms with van der Waals surface area (Å²) in [6.45, 7) is 0. The molecule has 0 N–H and O–H groups in total. The van der Waals surface area contributed by atoms with Gasteiger partial charge in [0.2, 0.25) is 0 Å². The summed E-state index contributed by atoms with van der Waals surface area (Å²) in [5.41, 5.74) is 8.83. The van der Waals surface area contributed by atoms with E-state index < -0.39 is 0 Å². The lowest BCUT2D eigenvalue weighted by molar-refractivity contribution is 0.669. The number of furan rings is 1. The van der Waals surface area contributed by atoms with Crippen molar-refractivity contribution in [2.45, 2.75) is 0 Å². The van der Waals surface area contributed by atoms with Crippen molar-refractivity contribution >= 4 is 54.3 Å². The smallest absolute Gasteiger partial charge is 0.160 e. The first-order chi connectivity index (χ1) is 24.3. The van der Waals surface area contributed by atoms with Gasteiger partial charge in [-0.2, -0.15) is 0 Å². The first kappa shape index (κ1) is 27.5. The molecule has 10 rings (SSSR count). The molecule has 0 aliphatic carbocycles. The fraction of sp³-hybridized carbons (Fsp3) is 0. The molecule has 8 aromatic carbocycles. The minimum atomic E-state index is 0.696. The van der Waals surface area contributed by atoms with Crippen molar-refractivity contribution in [1.82, 2.24) is 9.97 Å². The Bertz CT molecular complexity index is 2770. The van der Waals surface area contributed by atoms with Crippen LogP contribution < -0.4 is 0 Å². The molecule has 3 heteroatoms. The summed E-state index contributed by atoms with van der Waals surface area (Å²) in [6, 6.07) is 59.7. The van der Waals surface area contributed by atoms with Crippen molar-refractivity contribution in [3.05, 3.63) is 170 Å². The highest BCUT2D eigenvalue weighted by molar-refractivity contribution is 6.28. The van der Waals surface area contributed by atoms with Gasteiger partial charge in [-0.3, -0.25) is 0 Å². The van der Waals surface area contributed by atoms with E-state index >= 15 is 0 Å². The van der Waals surface area contributed by atoms with Crippen LogP contribution in [0.3, 0.4) is 0 Å². The number of hydrogen-bond donors (Lipinski definition) is 0. The number of benzene rings is 8. The van der Waals surface area contributed by atoms with Gasteiger partial charge in [0.25, 0.3) is 0 Å². The van der Waals surface area contributed by atoms with E-state index in [0.29, 0.717) is 5.82 Å². The minimum absolute atomic E-state index is 0.696. The summed E-state index contributed by atoms with van der Waals surface area (Å²) in [5, 5.41) is 9.82. The van der Waals surface area contributed by atoms with E-state index in [-0.39, 0.29) is 0 Å². The van der Waals surface area contributed by atoms with E-state index in [9.17, 15) is 0 Å². The minimum Gasteiger partial charge on any atom is -0.456 e. The van der Waals surface area contributed by atoms with E-state index in [1.54, 1.807) is 0 Å². The summed E-state index contributed by atoms with van der Waals surface area (Å²) in [7, 11) is 0. The Morgan fingerprint density at radius 1 is 0.327 bits per heavy atom. The van der Waals surface area contributed by atoms with Gasteiger partial charge in [0.15, 0.2) is 5.82 Å². The van der Waals surface area contributed by atoms with Gasteiger partial charge in [-0.1, -0.05) is 140 Å². The maximum absolute atomic E-state index is 6.51. The van der Waals surface area contributed by atoms with Crippen LogP contribution in [0, 0.1) is 0 Å². The topological polar surface area (TPSA) is 38.9 Å². The number of fused-ring (bicyclic) bond motifs is 9. The molecule has 3 nitrogen and oxygen atoms in total. The van der Waals surface area contributed by atoms with Gasteiger partial charge in [0.05, 0.1) is 11.4 Å². The van der Waals surface area contributed by atoms with Crippen LogP contribution in [0.5, 0.6) is 0 Å². The summed E-state index contributed by atoms with van der Waals surface area (Å²) in [6.07, 6.45) is 0. The second-order valence-corrected chi connectivity index (χ2v) is 12.5. The van der Waals surface area contributed by atoms with Crippen LogP contribution >= 0.6 is 0 Å². The third-order valence-electron chi connectivity index (χ3n) is 9.67. The third-order valence-corrected chi connectivity index (χ3v) is 9.67. The maximum atomic E-state index is 6.51. The van der Waals surface area contributed by atoms with E-state index in [4.69, 9.17) is 14.4 Å². The van der Waals surface area contributed by atoms with Crippen LogP contribution in [-0.4, -0.2) is 9.97 Å². The lowest BCUT2D eigenvalue weighted by Gasteiger charge is -2.14. The molecule has 0 spiro atoms. The highest BCUT2D eigenvalue weighted by Gasteiger charge is 2.16. The molecule has 0 bridgehead atoms. The highest BCUT2D eigenvalue weighted by atomic mass is 16.3. The van der Waals surface area contributed by atoms with Crippen LogP contribution in [0.25, 0.3) is 99.3 Å². The van der Waals surface area contributed by atoms with Crippen molar-refractivity contribution < 1.29 is 4.42 Å². The molecule has 0 fully saturated rings. The lowest BCUT2D eigenvalue weighted by Crippen LogP contribution is -1.95. The predicted molar refractivity (Wildman–Crippen MR) is 204 cm³/mol. The summed E-state index contributed by atoms with van der Waals surface area (Å²) in [4.78, 5) is 9.99. The molecule has 0 saturated carbocycles. The molecule has 0 saturated heterocycles. The lowest BCUT2D eigenvalue weighted by atomic mass is 9.89. The van der Waals surface area contributed by atoms with Crippen LogP contribution in [0.1, 0.15) is 0 Å². The molecular formula is C46H28N2O. The molecule has 0 amide bonds. The average molecular weight is 625 g/mol. The Balaban J connectivity index is 1.14. The zero-order chi connectivity index (χ0) is 32.3. The fourth-order valence-corrected chi connectivity index (χ4v) is 7.37. The van der Waals surface area contributed by atoms with E-state index in [2.05, 4.69) is 133 Å². The molecular weight excluding hydrogens is 597 g/mol. The van der Waals surface area contributed by atoms with Crippen LogP contribution in [0.2, 0.25) is 0 Å². The first-order valence-corrected chi connectivity index (χ1v) is 16.6. The van der Waals surface area contributed by atoms with Crippen LogP contribution in [0.15, 0.2) is 174 Å². The Kier molecular flexibility index (Phi) is 6.18. The van der Waals surface area contributed by atoms with E-state index in [0.717, 1.165) is 50.0 Å². The zero-order valence-electron chi connectivity index (χ0n) is 26.5. The predicted octanol–water partition coefficient (Wildman–Crippen LogP) is 12.5. The molecule has 0 atom stereocenters. The van der Waals surface area contributed by atoms with Crippen LogP contribution in [-0.2, 0) is 0 Å². The molecule has 0 aliphatic rings. The van der Waals surface area contributed by atoms with Gasteiger partial charge in [-0.15, -0.1) is 0 Å². The second-order valence-electron chi connectivity index (χ2n) is 12.5. The monoisotopic (exact) mass is 624 g/mol. The summed E-state index contributed by atoms with van der Waals surface area (Å²) in [5.74, 6) is 0.696. The summed E-state index contributed by atoms with van der Waals surface area (Å²) < 4.78 is 6.51. The number of rotatable bonds is 4. The van der Waals surface area contributed by atoms with Crippen molar-refractivity contribution in [2.24, 2.45) is 0 Å². The SMILES string of the molecule is c1ccc(-c2cc(-c3ccc4c(c3)oc3ccc(-c5cccc6c7ccccc7c7ccccc7c56)cc34)nc(-c3ccccc3)n2)cc1. The fourth-order valence-electron chi connectivity index (χ4n) is 7.37. The largest absolute Gasteiger partial charge is 0.456 e. The van der Waals surface area contributed by atoms with Crippen molar-refractivity contribution in [2.75, 3.05) is 0 Å². The molecule has 10 aromatic rings. The van der Waals surface area contributed by atoms with Crippen LogP contribution in [0.4, 0.5) is 0 Å². The Morgan fingerprint density at radius 3 is 1.61 bits per heavy atom. The van der Waals surface area contributed by atoms with Gasteiger partial charge < -0.3 is 4.42 Å². The standard InChI is InChI=1S/C46H28N2O/c1-3-12-29(13-4-1)41-28-42(48-46(47-41)30-14-5-2-6-15-30)32-22-24-37-40-26-31(23-25-43(40)49-44(37)27-32)33-20-11-21-39-36-17-8-7-16-34(36)35-18-9-10-19-38(35)45(33)39/h1-28H. The van der Waals surface area contributed by atoms with Gasteiger partial charge in [-0.25, -0.2) is 9.97 Å². The molecule has 0 radical (unpaired) electrons. The quantitative estimate of drug-likeness (QED) is 0.183. The normalized spacial score (nSPS) is 11.7. The first-order valence-electron chi connectivity index (χ1n) is 16.6. The highest BCUT2D eigenvalue weighted by Crippen LogP contribution is 2.42. The van der Waals surface area contributed by atoms with Gasteiger partial charge in [-0.05, 0) is 73.8 Å². The number of nitrogens with zero attached hydrogens (tertiary/aromatic N) is 2. The zero-order valence-corrected chi connectivity index (χ0v) is 26.5. The molecule has 0 aliphatic heterocycles. The number of hydrogen-bond acceptors (Lipinski definition) is 3.